The molecule has 0 nitrogen and oxygen atoms in total. The maximum atomic E-state index is 6.00. The molecule has 0 saturated heterocycles. The van der Waals surface area contributed by atoms with Crippen molar-refractivity contribution < 1.29 is 0 Å². The predicted molar refractivity (Wildman–Crippen MR) is 88.0 cm³/mol. The Bertz CT molecular complexity index is 470. The fourth-order valence-corrected chi connectivity index (χ4v) is 2.22. The monoisotopic (exact) mass is 426 g/mol. The van der Waals surface area contributed by atoms with E-state index in [0.29, 0.717) is 16.5 Å². The maximum absolute atomic E-state index is 6.00. The van der Waals surface area contributed by atoms with Gasteiger partial charge in [0.25, 0.3) is 0 Å². The van der Waals surface area contributed by atoms with Gasteiger partial charge in [-0.15, -0.1) is 0 Å². The first-order valence-corrected chi connectivity index (χ1v) is 7.88. The van der Waals surface area contributed by atoms with Gasteiger partial charge in [-0.2, -0.15) is 0 Å². The van der Waals surface area contributed by atoms with Crippen molar-refractivity contribution in [3.8, 4) is 0 Å². The molecular formula is C11H5BrCl6. The van der Waals surface area contributed by atoms with E-state index in [1.54, 1.807) is 6.07 Å². The summed E-state index contributed by atoms with van der Waals surface area (Å²) < 4.78 is -0.0437. The highest BCUT2D eigenvalue weighted by molar-refractivity contribution is 9.08. The average molecular weight is 430 g/mol. The lowest BCUT2D eigenvalue weighted by molar-refractivity contribution is 1.41. The fourth-order valence-electron chi connectivity index (χ4n) is 1.24. The van der Waals surface area contributed by atoms with Crippen LogP contribution in [0, 0.1) is 0 Å². The summed E-state index contributed by atoms with van der Waals surface area (Å²) in [4.78, 5) is 0. The van der Waals surface area contributed by atoms with Crippen LogP contribution in [0.4, 0.5) is 0 Å². The molecule has 18 heavy (non-hydrogen) atoms. The van der Waals surface area contributed by atoms with Gasteiger partial charge in [-0.25, -0.2) is 0 Å². The first-order chi connectivity index (χ1) is 8.36. The Morgan fingerprint density at radius 1 is 0.778 bits per heavy atom. The van der Waals surface area contributed by atoms with E-state index >= 15 is 0 Å². The maximum Gasteiger partial charge on any atom is 0.126 e. The molecule has 0 unspecified atom stereocenters. The molecular weight excluding hydrogens is 425 g/mol. The molecule has 0 aromatic heterocycles. The van der Waals surface area contributed by atoms with Crippen LogP contribution < -0.4 is 0 Å². The Hall–Kier alpha value is 0.920. The molecule has 0 aliphatic heterocycles. The highest BCUT2D eigenvalue weighted by Crippen LogP contribution is 2.34. The van der Waals surface area contributed by atoms with Gasteiger partial charge >= 0.3 is 0 Å². The van der Waals surface area contributed by atoms with E-state index in [-0.39, 0.29) is 19.0 Å². The minimum Gasteiger partial charge on any atom is -0.0876 e. The summed E-state index contributed by atoms with van der Waals surface area (Å²) >= 11 is 38.0. The lowest BCUT2D eigenvalue weighted by Gasteiger charge is -2.08. The van der Waals surface area contributed by atoms with Crippen LogP contribution in [0.3, 0.4) is 0 Å². The van der Waals surface area contributed by atoms with E-state index in [1.165, 1.54) is 0 Å². The van der Waals surface area contributed by atoms with E-state index in [0.717, 1.165) is 5.56 Å². The minimum atomic E-state index is -0.0218. The van der Waals surface area contributed by atoms with Crippen LogP contribution >= 0.6 is 85.5 Å². The van der Waals surface area contributed by atoms with Crippen molar-refractivity contribution >= 4 is 95.6 Å². The van der Waals surface area contributed by atoms with Crippen LogP contribution in [0.2, 0.25) is 0 Å². The van der Waals surface area contributed by atoms with Crippen molar-refractivity contribution in [2.75, 3.05) is 0 Å². The lowest BCUT2D eigenvalue weighted by atomic mass is 10.1. The third-order valence-electron chi connectivity index (χ3n) is 1.99. The van der Waals surface area contributed by atoms with Gasteiger partial charge in [0.1, 0.15) is 8.98 Å². The van der Waals surface area contributed by atoms with Gasteiger partial charge in [0, 0.05) is 5.33 Å². The molecule has 0 saturated carbocycles. The Kier molecular flexibility index (Phi) is 7.20. The van der Waals surface area contributed by atoms with E-state index in [4.69, 9.17) is 69.6 Å². The molecule has 0 heterocycles. The van der Waals surface area contributed by atoms with Crippen LogP contribution in [0.1, 0.15) is 16.7 Å². The summed E-state index contributed by atoms with van der Waals surface area (Å²) in [5, 5.41) is 1.08. The summed E-state index contributed by atoms with van der Waals surface area (Å²) in [5.74, 6) is 0. The molecule has 0 aliphatic carbocycles. The molecule has 0 aliphatic rings. The Morgan fingerprint density at radius 2 is 1.17 bits per heavy atom. The van der Waals surface area contributed by atoms with Crippen LogP contribution in [0.5, 0.6) is 0 Å². The van der Waals surface area contributed by atoms with Crippen molar-refractivity contribution in [3.05, 3.63) is 43.9 Å². The van der Waals surface area contributed by atoms with Gasteiger partial charge in [-0.1, -0.05) is 85.5 Å². The summed E-state index contributed by atoms with van der Waals surface area (Å²) in [5.41, 5.74) is 2.20. The van der Waals surface area contributed by atoms with Crippen molar-refractivity contribution in [3.63, 3.8) is 0 Å². The zero-order valence-electron chi connectivity index (χ0n) is 8.58. The molecule has 0 atom stereocenters. The quantitative estimate of drug-likeness (QED) is 0.443. The van der Waals surface area contributed by atoms with Crippen molar-refractivity contribution in [1.82, 2.24) is 0 Å². The number of hydrogen-bond acceptors (Lipinski definition) is 0. The third kappa shape index (κ3) is 4.49. The zero-order chi connectivity index (χ0) is 13.9. The fraction of sp³-hybridized carbons (Fsp3) is 0.0909. The third-order valence-corrected chi connectivity index (χ3v) is 4.59. The van der Waals surface area contributed by atoms with Crippen molar-refractivity contribution in [2.45, 2.75) is 5.33 Å². The minimum absolute atomic E-state index is 0.0218. The molecule has 0 spiro atoms. The number of alkyl halides is 1. The van der Waals surface area contributed by atoms with Gasteiger partial charge in [0.2, 0.25) is 0 Å². The first-order valence-electron chi connectivity index (χ1n) is 4.49. The van der Waals surface area contributed by atoms with Gasteiger partial charge in [-0.3, -0.25) is 0 Å². The smallest absolute Gasteiger partial charge is 0.0876 e. The van der Waals surface area contributed by atoms with E-state index in [1.807, 2.05) is 12.1 Å². The lowest BCUT2D eigenvalue weighted by Crippen LogP contribution is -1.88. The summed E-state index contributed by atoms with van der Waals surface area (Å²) in [6.45, 7) is 0. The van der Waals surface area contributed by atoms with E-state index < -0.39 is 0 Å². The van der Waals surface area contributed by atoms with Gasteiger partial charge in [0.05, 0.1) is 10.1 Å². The number of halogens is 7. The normalized spacial score (nSPS) is 10.2. The predicted octanol–water partition coefficient (Wildman–Crippen LogP) is 7.27. The second-order valence-corrected chi connectivity index (χ2v) is 6.42. The van der Waals surface area contributed by atoms with Crippen molar-refractivity contribution in [2.24, 2.45) is 0 Å². The molecule has 0 fully saturated rings. The van der Waals surface area contributed by atoms with E-state index in [9.17, 15) is 0 Å². The number of benzene rings is 1. The number of rotatable bonds is 3. The van der Waals surface area contributed by atoms with Gasteiger partial charge in [0.15, 0.2) is 0 Å². The summed E-state index contributed by atoms with van der Waals surface area (Å²) in [7, 11) is 0. The zero-order valence-corrected chi connectivity index (χ0v) is 14.7. The van der Waals surface area contributed by atoms with Crippen molar-refractivity contribution in [1.29, 1.82) is 0 Å². The van der Waals surface area contributed by atoms with Crippen LogP contribution in [0.25, 0.3) is 10.1 Å². The largest absolute Gasteiger partial charge is 0.126 e. The molecule has 7 heteroatoms. The Balaban J connectivity index is 3.45. The van der Waals surface area contributed by atoms with Gasteiger partial charge in [-0.05, 0) is 34.9 Å². The Morgan fingerprint density at radius 3 is 1.44 bits per heavy atom. The SMILES string of the molecule is ClC(Cl)=C(Cl)c1cc(CBr)cc(C(Cl)=C(Cl)Cl)c1. The molecule has 0 amide bonds. The van der Waals surface area contributed by atoms with Crippen LogP contribution in [-0.4, -0.2) is 0 Å². The average Bonchev–Trinajstić information content (AvgIpc) is 2.35. The van der Waals surface area contributed by atoms with Gasteiger partial charge < -0.3 is 0 Å². The molecule has 0 radical (unpaired) electrons. The molecule has 0 bridgehead atoms. The molecule has 1 aromatic rings. The van der Waals surface area contributed by atoms with E-state index in [2.05, 4.69) is 15.9 Å². The summed E-state index contributed by atoms with van der Waals surface area (Å²) in [6, 6.07) is 5.36. The second-order valence-electron chi connectivity index (χ2n) is 3.20. The second kappa shape index (κ2) is 7.64. The topological polar surface area (TPSA) is 0 Å². The summed E-state index contributed by atoms with van der Waals surface area (Å²) in [6.07, 6.45) is 0. The molecule has 0 N–H and O–H groups in total. The standard InChI is InChI=1S/C11H5BrCl6/c12-4-5-1-6(8(13)10(15)16)3-7(2-5)9(14)11(17)18/h1-3H,4H2. The Labute approximate surface area is 144 Å². The molecule has 98 valence electrons. The molecule has 1 rings (SSSR count). The highest BCUT2D eigenvalue weighted by Gasteiger charge is 2.10. The van der Waals surface area contributed by atoms with Crippen LogP contribution in [0.15, 0.2) is 27.2 Å². The highest BCUT2D eigenvalue weighted by atomic mass is 79.9. The number of hydrogen-bond donors (Lipinski definition) is 0. The van der Waals surface area contributed by atoms with Crippen LogP contribution in [-0.2, 0) is 5.33 Å². The first kappa shape index (κ1) is 17.0. The molecule has 1 aromatic carbocycles.